The van der Waals surface area contributed by atoms with Crippen molar-refractivity contribution in [3.63, 3.8) is 0 Å². The van der Waals surface area contributed by atoms with Crippen LogP contribution in [0.1, 0.15) is 6.92 Å². The van der Waals surface area contributed by atoms with Gasteiger partial charge >= 0.3 is 0 Å². The standard InChI is InChI=1S/C24H25ClF2N6O/c1-16-15-32(23-18(25)3-2-6-28-23)7-8-33(16)22-14-21(17-4-5-19(26)20(27)13-17)29-24(30-22)31-9-11-34-12-10-31/h2-6,13-14,16H,7-12,15H2,1H3/t16-/m0/s1. The number of morpholine rings is 1. The molecule has 10 heteroatoms. The molecule has 0 aliphatic carbocycles. The van der Waals surface area contributed by atoms with Crippen LogP contribution in [0.15, 0.2) is 42.6 Å². The van der Waals surface area contributed by atoms with Gasteiger partial charge in [0.1, 0.15) is 11.6 Å². The lowest BCUT2D eigenvalue weighted by molar-refractivity contribution is 0.122. The highest BCUT2D eigenvalue weighted by Gasteiger charge is 2.28. The topological polar surface area (TPSA) is 57.6 Å². The molecule has 0 amide bonds. The second-order valence-electron chi connectivity index (χ2n) is 8.44. The van der Waals surface area contributed by atoms with Crippen LogP contribution < -0.4 is 14.7 Å². The molecule has 0 spiro atoms. The van der Waals surface area contributed by atoms with E-state index < -0.39 is 11.6 Å². The third kappa shape index (κ3) is 4.63. The van der Waals surface area contributed by atoms with Crippen molar-refractivity contribution in [2.75, 3.05) is 60.6 Å². The zero-order valence-electron chi connectivity index (χ0n) is 18.8. The van der Waals surface area contributed by atoms with Crippen LogP contribution in [0.5, 0.6) is 0 Å². The van der Waals surface area contributed by atoms with E-state index in [1.807, 2.05) is 18.2 Å². The van der Waals surface area contributed by atoms with Crippen molar-refractivity contribution in [1.82, 2.24) is 15.0 Å². The maximum Gasteiger partial charge on any atom is 0.228 e. The average molecular weight is 487 g/mol. The van der Waals surface area contributed by atoms with E-state index in [4.69, 9.17) is 26.3 Å². The monoisotopic (exact) mass is 486 g/mol. The summed E-state index contributed by atoms with van der Waals surface area (Å²) >= 11 is 6.37. The first-order valence-corrected chi connectivity index (χ1v) is 11.7. The molecule has 2 aliphatic heterocycles. The van der Waals surface area contributed by atoms with Gasteiger partial charge in [-0.1, -0.05) is 11.6 Å². The first-order chi connectivity index (χ1) is 16.5. The van der Waals surface area contributed by atoms with E-state index in [0.717, 1.165) is 24.2 Å². The second-order valence-corrected chi connectivity index (χ2v) is 8.84. The zero-order chi connectivity index (χ0) is 23.7. The number of nitrogens with zero attached hydrogens (tertiary/aromatic N) is 6. The van der Waals surface area contributed by atoms with Crippen LogP contribution in [0, 0.1) is 11.6 Å². The Bertz CT molecular complexity index is 1180. The number of rotatable bonds is 4. The molecule has 2 saturated heterocycles. The Morgan fingerprint density at radius 2 is 1.79 bits per heavy atom. The van der Waals surface area contributed by atoms with Gasteiger partial charge in [0.25, 0.3) is 0 Å². The Labute approximate surface area is 202 Å². The van der Waals surface area contributed by atoms with Crippen LogP contribution in [0.2, 0.25) is 5.02 Å². The van der Waals surface area contributed by atoms with Crippen molar-refractivity contribution in [3.8, 4) is 11.3 Å². The molecule has 0 unspecified atom stereocenters. The summed E-state index contributed by atoms with van der Waals surface area (Å²) in [7, 11) is 0. The van der Waals surface area contributed by atoms with Crippen molar-refractivity contribution < 1.29 is 13.5 Å². The van der Waals surface area contributed by atoms with Gasteiger partial charge in [0.15, 0.2) is 11.6 Å². The summed E-state index contributed by atoms with van der Waals surface area (Å²) in [4.78, 5) is 20.5. The molecule has 4 heterocycles. The summed E-state index contributed by atoms with van der Waals surface area (Å²) in [5, 5.41) is 0.625. The van der Waals surface area contributed by atoms with Gasteiger partial charge in [-0.05, 0) is 37.3 Å². The molecule has 2 fully saturated rings. The van der Waals surface area contributed by atoms with Crippen LogP contribution in [-0.2, 0) is 4.74 Å². The number of hydrogen-bond donors (Lipinski definition) is 0. The van der Waals surface area contributed by atoms with E-state index in [9.17, 15) is 8.78 Å². The molecule has 5 rings (SSSR count). The number of pyridine rings is 1. The van der Waals surface area contributed by atoms with E-state index >= 15 is 0 Å². The van der Waals surface area contributed by atoms with E-state index in [2.05, 4.69) is 26.6 Å². The summed E-state index contributed by atoms with van der Waals surface area (Å²) in [6, 6.07) is 9.45. The number of anilines is 3. The zero-order valence-corrected chi connectivity index (χ0v) is 19.5. The summed E-state index contributed by atoms with van der Waals surface area (Å²) in [5.41, 5.74) is 1.05. The largest absolute Gasteiger partial charge is 0.378 e. The van der Waals surface area contributed by atoms with Gasteiger partial charge in [0.2, 0.25) is 5.95 Å². The van der Waals surface area contributed by atoms with Crippen LogP contribution in [0.4, 0.5) is 26.4 Å². The predicted molar refractivity (Wildman–Crippen MR) is 129 cm³/mol. The molecule has 178 valence electrons. The highest BCUT2D eigenvalue weighted by Crippen LogP contribution is 2.30. The molecule has 1 atom stereocenters. The Morgan fingerprint density at radius 1 is 0.971 bits per heavy atom. The summed E-state index contributed by atoms with van der Waals surface area (Å²) < 4.78 is 33.0. The third-order valence-corrected chi connectivity index (χ3v) is 6.47. The van der Waals surface area contributed by atoms with E-state index in [1.165, 1.54) is 12.1 Å². The summed E-state index contributed by atoms with van der Waals surface area (Å²) in [6.45, 7) is 6.78. The summed E-state index contributed by atoms with van der Waals surface area (Å²) in [5.74, 6) is 0.289. The molecule has 0 bridgehead atoms. The summed E-state index contributed by atoms with van der Waals surface area (Å²) in [6.07, 6.45) is 1.74. The number of halogens is 3. The molecule has 0 radical (unpaired) electrons. The molecule has 1 aromatic carbocycles. The van der Waals surface area contributed by atoms with Crippen molar-refractivity contribution in [2.45, 2.75) is 13.0 Å². The van der Waals surface area contributed by atoms with E-state index in [1.54, 1.807) is 6.20 Å². The van der Waals surface area contributed by atoms with Crippen LogP contribution >= 0.6 is 11.6 Å². The Balaban J connectivity index is 1.47. The second kappa shape index (κ2) is 9.68. The van der Waals surface area contributed by atoms with Gasteiger partial charge in [0, 0.05) is 56.6 Å². The molecule has 7 nitrogen and oxygen atoms in total. The first kappa shape index (κ1) is 22.7. The lowest BCUT2D eigenvalue weighted by atomic mass is 10.1. The fourth-order valence-corrected chi connectivity index (χ4v) is 4.62. The molecule has 0 N–H and O–H groups in total. The van der Waals surface area contributed by atoms with E-state index in [0.29, 0.717) is 61.6 Å². The minimum absolute atomic E-state index is 0.108. The SMILES string of the molecule is C[C@H]1CN(c2ncccc2Cl)CCN1c1cc(-c2ccc(F)c(F)c2)nc(N2CCOCC2)n1. The molecule has 0 saturated carbocycles. The minimum atomic E-state index is -0.903. The molecule has 3 aromatic rings. The van der Waals surface area contributed by atoms with Gasteiger partial charge in [-0.2, -0.15) is 4.98 Å². The molecule has 34 heavy (non-hydrogen) atoms. The maximum absolute atomic E-state index is 14.0. The van der Waals surface area contributed by atoms with Gasteiger partial charge in [-0.25, -0.2) is 18.7 Å². The van der Waals surface area contributed by atoms with Crippen molar-refractivity contribution >= 4 is 29.2 Å². The first-order valence-electron chi connectivity index (χ1n) is 11.3. The average Bonchev–Trinajstić information content (AvgIpc) is 2.86. The number of piperazine rings is 1. The third-order valence-electron chi connectivity index (χ3n) is 6.17. The maximum atomic E-state index is 14.0. The van der Waals surface area contributed by atoms with Gasteiger partial charge in [-0.3, -0.25) is 0 Å². The molecular weight excluding hydrogens is 462 g/mol. The van der Waals surface area contributed by atoms with Crippen molar-refractivity contribution in [1.29, 1.82) is 0 Å². The highest BCUT2D eigenvalue weighted by atomic mass is 35.5. The number of benzene rings is 1. The van der Waals surface area contributed by atoms with Crippen LogP contribution in [-0.4, -0.2) is 66.9 Å². The molecule has 2 aliphatic rings. The van der Waals surface area contributed by atoms with Gasteiger partial charge < -0.3 is 19.4 Å². The van der Waals surface area contributed by atoms with E-state index in [-0.39, 0.29) is 6.04 Å². The fourth-order valence-electron chi connectivity index (χ4n) is 4.38. The lowest BCUT2D eigenvalue weighted by Crippen LogP contribution is -2.53. The molecule has 2 aromatic heterocycles. The Kier molecular flexibility index (Phi) is 6.47. The van der Waals surface area contributed by atoms with Gasteiger partial charge in [-0.15, -0.1) is 0 Å². The van der Waals surface area contributed by atoms with Crippen molar-refractivity contribution in [2.24, 2.45) is 0 Å². The number of aromatic nitrogens is 3. The smallest absolute Gasteiger partial charge is 0.228 e. The lowest BCUT2D eigenvalue weighted by Gasteiger charge is -2.41. The normalized spacial score (nSPS) is 18.9. The minimum Gasteiger partial charge on any atom is -0.378 e. The van der Waals surface area contributed by atoms with Crippen LogP contribution in [0.3, 0.4) is 0 Å². The van der Waals surface area contributed by atoms with Crippen LogP contribution in [0.25, 0.3) is 11.3 Å². The predicted octanol–water partition coefficient (Wildman–Crippen LogP) is 4.02. The highest BCUT2D eigenvalue weighted by molar-refractivity contribution is 6.32. The number of ether oxygens (including phenoxy) is 1. The Morgan fingerprint density at radius 3 is 2.53 bits per heavy atom. The number of hydrogen-bond acceptors (Lipinski definition) is 7. The van der Waals surface area contributed by atoms with Crippen molar-refractivity contribution in [3.05, 3.63) is 59.3 Å². The quantitative estimate of drug-likeness (QED) is 0.552. The van der Waals surface area contributed by atoms with Gasteiger partial charge in [0.05, 0.1) is 23.9 Å². The molecular formula is C24H25ClF2N6O. The fraction of sp³-hybridized carbons (Fsp3) is 0.375. The Hall–Kier alpha value is -3.04.